The van der Waals surface area contributed by atoms with Gasteiger partial charge in [0.1, 0.15) is 0 Å². The second-order valence-electron chi connectivity index (χ2n) is 5.23. The van der Waals surface area contributed by atoms with E-state index >= 15 is 0 Å². The molecule has 0 amide bonds. The Balaban J connectivity index is 1.61. The quantitative estimate of drug-likeness (QED) is 0.925. The second-order valence-corrected chi connectivity index (χ2v) is 5.23. The fraction of sp³-hybridized carbons (Fsp3) is 0.429. The number of ether oxygens (including phenoxy) is 2. The average molecular weight is 274 g/mol. The van der Waals surface area contributed by atoms with E-state index in [1.165, 1.54) is 0 Å². The zero-order valence-corrected chi connectivity index (χ0v) is 11.6. The van der Waals surface area contributed by atoms with Crippen LogP contribution in [0.15, 0.2) is 36.7 Å². The third-order valence-corrected chi connectivity index (χ3v) is 3.15. The molecule has 1 fully saturated rings. The van der Waals surface area contributed by atoms with Crippen molar-refractivity contribution < 1.29 is 9.47 Å². The molecule has 0 spiro atoms. The molecule has 1 N–H and O–H groups in total. The standard InChI is InChI=1S/C14H18N4O2/c1-14(2)19-9-12(10-20-14)17-11-3-5-13(6-4-11)18-15-7-8-16-18/h3-8,12,17H,9-10H2,1-2H3. The van der Waals surface area contributed by atoms with Gasteiger partial charge in [-0.1, -0.05) is 0 Å². The molecule has 0 saturated carbocycles. The maximum absolute atomic E-state index is 5.62. The third-order valence-electron chi connectivity index (χ3n) is 3.15. The van der Waals surface area contributed by atoms with Crippen molar-refractivity contribution in [3.63, 3.8) is 0 Å². The number of hydrogen-bond acceptors (Lipinski definition) is 5. The maximum Gasteiger partial charge on any atom is 0.162 e. The minimum atomic E-state index is -0.478. The van der Waals surface area contributed by atoms with Crippen LogP contribution in [0.25, 0.3) is 5.69 Å². The van der Waals surface area contributed by atoms with Gasteiger partial charge in [0, 0.05) is 5.69 Å². The highest BCUT2D eigenvalue weighted by Gasteiger charge is 2.28. The zero-order valence-electron chi connectivity index (χ0n) is 11.6. The number of nitrogens with zero attached hydrogens (tertiary/aromatic N) is 3. The molecule has 2 aromatic rings. The SMILES string of the molecule is CC1(C)OCC(Nc2ccc(-n3nccn3)cc2)CO1. The van der Waals surface area contributed by atoms with E-state index in [1.54, 1.807) is 17.2 Å². The molecule has 0 aliphatic carbocycles. The molecule has 3 rings (SSSR count). The van der Waals surface area contributed by atoms with E-state index in [1.807, 2.05) is 38.1 Å². The topological polar surface area (TPSA) is 61.2 Å². The highest BCUT2D eigenvalue weighted by Crippen LogP contribution is 2.20. The maximum atomic E-state index is 5.62. The van der Waals surface area contributed by atoms with E-state index in [9.17, 15) is 0 Å². The van der Waals surface area contributed by atoms with Gasteiger partial charge in [-0.05, 0) is 38.1 Å². The van der Waals surface area contributed by atoms with Gasteiger partial charge in [-0.25, -0.2) is 0 Å². The molecule has 6 heteroatoms. The van der Waals surface area contributed by atoms with Crippen LogP contribution in [0.4, 0.5) is 5.69 Å². The Bertz CT molecular complexity index is 541. The Morgan fingerprint density at radius 1 is 1.10 bits per heavy atom. The first-order valence-corrected chi connectivity index (χ1v) is 6.64. The molecule has 0 radical (unpaired) electrons. The van der Waals surface area contributed by atoms with E-state index in [0.717, 1.165) is 11.4 Å². The molecule has 0 atom stereocenters. The van der Waals surface area contributed by atoms with E-state index in [4.69, 9.17) is 9.47 Å². The van der Waals surface area contributed by atoms with Crippen molar-refractivity contribution in [1.82, 2.24) is 15.0 Å². The van der Waals surface area contributed by atoms with Crippen LogP contribution in [-0.4, -0.2) is 40.0 Å². The van der Waals surface area contributed by atoms with Gasteiger partial charge in [-0.15, -0.1) is 0 Å². The molecular formula is C14H18N4O2. The van der Waals surface area contributed by atoms with Crippen molar-refractivity contribution in [2.75, 3.05) is 18.5 Å². The predicted octanol–water partition coefficient (Wildman–Crippen LogP) is 1.83. The molecule has 20 heavy (non-hydrogen) atoms. The Kier molecular flexibility index (Phi) is 3.42. The lowest BCUT2D eigenvalue weighted by molar-refractivity contribution is -0.247. The molecule has 0 bridgehead atoms. The molecule has 1 aliphatic rings. The summed E-state index contributed by atoms with van der Waals surface area (Å²) in [6.45, 7) is 5.12. The van der Waals surface area contributed by atoms with Crippen molar-refractivity contribution in [1.29, 1.82) is 0 Å². The number of aromatic nitrogens is 3. The van der Waals surface area contributed by atoms with Crippen molar-refractivity contribution in [3.05, 3.63) is 36.7 Å². The summed E-state index contributed by atoms with van der Waals surface area (Å²) < 4.78 is 11.2. The molecule has 1 aliphatic heterocycles. The van der Waals surface area contributed by atoms with Crippen LogP contribution in [0.5, 0.6) is 0 Å². The van der Waals surface area contributed by atoms with Gasteiger partial charge in [-0.3, -0.25) is 0 Å². The van der Waals surface area contributed by atoms with Crippen LogP contribution in [0.2, 0.25) is 0 Å². The van der Waals surface area contributed by atoms with Crippen molar-refractivity contribution in [2.45, 2.75) is 25.7 Å². The van der Waals surface area contributed by atoms with Gasteiger partial charge in [0.05, 0.1) is 37.3 Å². The normalized spacial score (nSPS) is 18.9. The first-order valence-electron chi connectivity index (χ1n) is 6.64. The van der Waals surface area contributed by atoms with Crippen LogP contribution in [0.1, 0.15) is 13.8 Å². The van der Waals surface area contributed by atoms with E-state index in [-0.39, 0.29) is 6.04 Å². The minimum absolute atomic E-state index is 0.164. The first-order chi connectivity index (χ1) is 9.62. The lowest BCUT2D eigenvalue weighted by atomic mass is 10.2. The Morgan fingerprint density at radius 3 is 2.30 bits per heavy atom. The predicted molar refractivity (Wildman–Crippen MR) is 74.8 cm³/mol. The fourth-order valence-electron chi connectivity index (χ4n) is 2.05. The fourth-order valence-corrected chi connectivity index (χ4v) is 2.05. The van der Waals surface area contributed by atoms with E-state index in [0.29, 0.717) is 13.2 Å². The van der Waals surface area contributed by atoms with E-state index in [2.05, 4.69) is 15.5 Å². The summed E-state index contributed by atoms with van der Waals surface area (Å²) in [6.07, 6.45) is 3.31. The van der Waals surface area contributed by atoms with Gasteiger partial charge in [0.2, 0.25) is 0 Å². The smallest absolute Gasteiger partial charge is 0.162 e. The monoisotopic (exact) mass is 274 g/mol. The van der Waals surface area contributed by atoms with Crippen LogP contribution in [0, 0.1) is 0 Å². The molecular weight excluding hydrogens is 256 g/mol. The summed E-state index contributed by atoms with van der Waals surface area (Å²) in [6, 6.07) is 8.10. The zero-order chi connectivity index (χ0) is 14.0. The van der Waals surface area contributed by atoms with Gasteiger partial charge in [0.15, 0.2) is 5.79 Å². The van der Waals surface area contributed by atoms with Crippen molar-refractivity contribution >= 4 is 5.69 Å². The number of nitrogens with one attached hydrogen (secondary N) is 1. The number of rotatable bonds is 3. The Hall–Kier alpha value is -1.92. The third kappa shape index (κ3) is 2.97. The highest BCUT2D eigenvalue weighted by atomic mass is 16.7. The Morgan fingerprint density at radius 2 is 1.70 bits per heavy atom. The number of anilines is 1. The van der Waals surface area contributed by atoms with Crippen molar-refractivity contribution in [3.8, 4) is 5.69 Å². The first kappa shape index (κ1) is 13.1. The molecule has 0 unspecified atom stereocenters. The van der Waals surface area contributed by atoms with Gasteiger partial charge in [-0.2, -0.15) is 15.0 Å². The largest absolute Gasteiger partial charge is 0.378 e. The van der Waals surface area contributed by atoms with E-state index < -0.39 is 5.79 Å². The number of benzene rings is 1. The van der Waals surface area contributed by atoms with Crippen LogP contribution >= 0.6 is 0 Å². The average Bonchev–Trinajstić information content (AvgIpc) is 2.96. The summed E-state index contributed by atoms with van der Waals surface area (Å²) in [7, 11) is 0. The van der Waals surface area contributed by atoms with Gasteiger partial charge < -0.3 is 14.8 Å². The summed E-state index contributed by atoms with van der Waals surface area (Å²) in [5.41, 5.74) is 1.95. The van der Waals surface area contributed by atoms with Gasteiger partial charge >= 0.3 is 0 Å². The van der Waals surface area contributed by atoms with Crippen LogP contribution in [0.3, 0.4) is 0 Å². The lowest BCUT2D eigenvalue weighted by Crippen LogP contribution is -2.45. The molecule has 1 saturated heterocycles. The summed E-state index contributed by atoms with van der Waals surface area (Å²) in [5, 5.41) is 11.6. The molecule has 6 nitrogen and oxygen atoms in total. The van der Waals surface area contributed by atoms with Crippen molar-refractivity contribution in [2.24, 2.45) is 0 Å². The Labute approximate surface area is 117 Å². The summed E-state index contributed by atoms with van der Waals surface area (Å²) >= 11 is 0. The van der Waals surface area contributed by atoms with Crippen LogP contribution in [-0.2, 0) is 9.47 Å². The summed E-state index contributed by atoms with van der Waals surface area (Å²) in [5.74, 6) is -0.478. The summed E-state index contributed by atoms with van der Waals surface area (Å²) in [4.78, 5) is 1.58. The highest BCUT2D eigenvalue weighted by molar-refractivity contribution is 5.48. The van der Waals surface area contributed by atoms with Gasteiger partial charge in [0.25, 0.3) is 0 Å². The molecule has 1 aromatic carbocycles. The number of hydrogen-bond donors (Lipinski definition) is 1. The minimum Gasteiger partial charge on any atom is -0.378 e. The van der Waals surface area contributed by atoms with Crippen LogP contribution < -0.4 is 5.32 Å². The molecule has 106 valence electrons. The lowest BCUT2D eigenvalue weighted by Gasteiger charge is -2.35. The molecule has 1 aromatic heterocycles. The second kappa shape index (κ2) is 5.22. The molecule has 2 heterocycles.